The van der Waals surface area contributed by atoms with Gasteiger partial charge in [0.1, 0.15) is 0 Å². The molecule has 0 radical (unpaired) electrons. The normalized spacial score (nSPS) is 16.3. The molecular formula is C28H28N2O3. The van der Waals surface area contributed by atoms with E-state index in [1.165, 1.54) is 17.1 Å². The van der Waals surface area contributed by atoms with E-state index in [0.717, 1.165) is 16.9 Å². The number of hydrogen-bond acceptors (Lipinski definition) is 4. The topological polar surface area (TPSA) is 62.5 Å². The SMILES string of the molecule is C=c1c(C(C)=O)c(O)n(Cc2ccccc2)c(=O)/c1=C\C=C1N(C)c2ccccc2C1(C)C. The molecular weight excluding hydrogens is 412 g/mol. The minimum Gasteiger partial charge on any atom is -0.494 e. The molecule has 2 heterocycles. The van der Waals surface area contributed by atoms with Gasteiger partial charge in [0.2, 0.25) is 5.88 Å². The third kappa shape index (κ3) is 3.69. The largest absolute Gasteiger partial charge is 0.494 e. The number of allylic oxidation sites excluding steroid dienone is 2. The van der Waals surface area contributed by atoms with Crippen LogP contribution in [0.1, 0.15) is 42.3 Å². The smallest absolute Gasteiger partial charge is 0.261 e. The Morgan fingerprint density at radius 2 is 1.70 bits per heavy atom. The summed E-state index contributed by atoms with van der Waals surface area (Å²) < 4.78 is 1.24. The summed E-state index contributed by atoms with van der Waals surface area (Å²) in [5, 5.41) is 11.3. The first-order chi connectivity index (χ1) is 15.6. The van der Waals surface area contributed by atoms with Crippen LogP contribution in [0.25, 0.3) is 12.7 Å². The van der Waals surface area contributed by atoms with Crippen molar-refractivity contribution >= 4 is 24.1 Å². The highest BCUT2D eigenvalue weighted by atomic mass is 16.3. The van der Waals surface area contributed by atoms with E-state index in [2.05, 4.69) is 37.5 Å². The fraction of sp³-hybridized carbons (Fsp3) is 0.214. The van der Waals surface area contributed by atoms with E-state index < -0.39 is 0 Å². The Morgan fingerprint density at radius 3 is 2.33 bits per heavy atom. The molecule has 0 saturated carbocycles. The molecule has 0 amide bonds. The van der Waals surface area contributed by atoms with Crippen LogP contribution >= 0.6 is 0 Å². The molecule has 3 aromatic rings. The van der Waals surface area contributed by atoms with Crippen LogP contribution in [-0.2, 0) is 12.0 Å². The van der Waals surface area contributed by atoms with Crippen LogP contribution in [-0.4, -0.2) is 22.5 Å². The van der Waals surface area contributed by atoms with Gasteiger partial charge in [0.25, 0.3) is 5.56 Å². The third-order valence-corrected chi connectivity index (χ3v) is 6.47. The predicted octanol–water partition coefficient (Wildman–Crippen LogP) is 3.31. The molecule has 5 nitrogen and oxygen atoms in total. The number of anilines is 1. The molecule has 1 N–H and O–H groups in total. The van der Waals surface area contributed by atoms with Crippen molar-refractivity contribution in [2.45, 2.75) is 32.7 Å². The number of benzene rings is 2. The second-order valence-corrected chi connectivity index (χ2v) is 8.94. The maximum absolute atomic E-state index is 13.4. The molecule has 0 aliphatic carbocycles. The number of carbonyl (C=O) groups excluding carboxylic acids is 1. The Bertz CT molecular complexity index is 1450. The third-order valence-electron chi connectivity index (χ3n) is 6.47. The molecule has 2 aromatic carbocycles. The zero-order chi connectivity index (χ0) is 23.9. The van der Waals surface area contributed by atoms with Crippen LogP contribution in [0.2, 0.25) is 0 Å². The van der Waals surface area contributed by atoms with Gasteiger partial charge >= 0.3 is 0 Å². The molecule has 0 atom stereocenters. The lowest BCUT2D eigenvalue weighted by molar-refractivity contribution is 0.101. The first kappa shape index (κ1) is 22.3. The lowest BCUT2D eigenvalue weighted by Gasteiger charge is -2.23. The summed E-state index contributed by atoms with van der Waals surface area (Å²) in [5.41, 5.74) is 3.61. The van der Waals surface area contributed by atoms with Gasteiger partial charge in [-0.05, 0) is 41.5 Å². The molecule has 0 fully saturated rings. The van der Waals surface area contributed by atoms with E-state index in [-0.39, 0.29) is 40.0 Å². The molecule has 4 rings (SSSR count). The number of fused-ring (bicyclic) bond motifs is 1. The molecule has 1 aromatic heterocycles. The van der Waals surface area contributed by atoms with Crippen LogP contribution in [0.5, 0.6) is 5.88 Å². The summed E-state index contributed by atoms with van der Waals surface area (Å²) in [4.78, 5) is 27.9. The number of para-hydroxylation sites is 1. The number of aromatic hydroxyl groups is 1. The van der Waals surface area contributed by atoms with E-state index in [4.69, 9.17) is 0 Å². The van der Waals surface area contributed by atoms with Gasteiger partial charge in [-0.25, -0.2) is 0 Å². The molecule has 33 heavy (non-hydrogen) atoms. The zero-order valence-electron chi connectivity index (χ0n) is 19.4. The average Bonchev–Trinajstić information content (AvgIpc) is 2.97. The highest BCUT2D eigenvalue weighted by Gasteiger charge is 2.37. The number of nitrogens with zero attached hydrogens (tertiary/aromatic N) is 2. The van der Waals surface area contributed by atoms with Crippen LogP contribution < -0.4 is 20.9 Å². The van der Waals surface area contributed by atoms with Gasteiger partial charge in [-0.15, -0.1) is 0 Å². The average molecular weight is 441 g/mol. The summed E-state index contributed by atoms with van der Waals surface area (Å²) in [6.45, 7) is 9.79. The number of Topliss-reactive ketones (excluding diaryl/α,β-unsaturated/α-hetero) is 1. The first-order valence-electron chi connectivity index (χ1n) is 10.9. The number of ketones is 1. The van der Waals surface area contributed by atoms with Gasteiger partial charge in [0.05, 0.1) is 12.1 Å². The molecule has 0 unspecified atom stereocenters. The van der Waals surface area contributed by atoms with E-state index in [1.807, 2.05) is 55.6 Å². The Labute approximate surface area is 193 Å². The molecule has 1 aliphatic rings. The number of hydrogen-bond donors (Lipinski definition) is 1. The molecule has 5 heteroatoms. The highest BCUT2D eigenvalue weighted by Crippen LogP contribution is 2.46. The lowest BCUT2D eigenvalue weighted by Crippen LogP contribution is -2.47. The standard InChI is InChI=1S/C28H28N2O3/c1-18-21(15-16-24-28(3,4)22-13-9-10-14-23(22)29(24)5)26(32)30(27(33)25(18)19(2)31)17-20-11-7-6-8-12-20/h6-16,33H,1,17H2,2-5H3/b21-15-,24-16?. The lowest BCUT2D eigenvalue weighted by atomic mass is 9.84. The Hall–Kier alpha value is -3.86. The van der Waals surface area contributed by atoms with Crippen molar-refractivity contribution < 1.29 is 9.90 Å². The van der Waals surface area contributed by atoms with Crippen LogP contribution in [0.4, 0.5) is 5.69 Å². The fourth-order valence-electron chi connectivity index (χ4n) is 4.69. The summed E-state index contributed by atoms with van der Waals surface area (Å²) >= 11 is 0. The molecule has 0 bridgehead atoms. The number of carbonyl (C=O) groups is 1. The van der Waals surface area contributed by atoms with Gasteiger partial charge in [-0.1, -0.05) is 69.0 Å². The van der Waals surface area contributed by atoms with Gasteiger partial charge in [-0.2, -0.15) is 0 Å². The minimum absolute atomic E-state index is 0.0671. The maximum Gasteiger partial charge on any atom is 0.261 e. The quantitative estimate of drug-likeness (QED) is 0.633. The minimum atomic E-state index is -0.390. The molecule has 1 aliphatic heterocycles. The summed E-state index contributed by atoms with van der Waals surface area (Å²) in [5.74, 6) is -0.691. The van der Waals surface area contributed by atoms with E-state index in [1.54, 1.807) is 6.08 Å². The second-order valence-electron chi connectivity index (χ2n) is 8.94. The van der Waals surface area contributed by atoms with Gasteiger partial charge in [0.15, 0.2) is 5.78 Å². The fourth-order valence-corrected chi connectivity index (χ4v) is 4.69. The Balaban J connectivity index is 1.94. The van der Waals surface area contributed by atoms with Crippen molar-refractivity contribution in [3.05, 3.63) is 104 Å². The highest BCUT2D eigenvalue weighted by molar-refractivity contribution is 5.96. The van der Waals surface area contributed by atoms with Crippen molar-refractivity contribution in [1.29, 1.82) is 0 Å². The van der Waals surface area contributed by atoms with Crippen LogP contribution in [0, 0.1) is 0 Å². The van der Waals surface area contributed by atoms with Crippen molar-refractivity contribution in [1.82, 2.24) is 4.57 Å². The van der Waals surface area contributed by atoms with Crippen molar-refractivity contribution in [2.24, 2.45) is 0 Å². The van der Waals surface area contributed by atoms with Crippen molar-refractivity contribution in [2.75, 3.05) is 11.9 Å². The zero-order valence-corrected chi connectivity index (χ0v) is 19.4. The maximum atomic E-state index is 13.4. The van der Waals surface area contributed by atoms with E-state index in [9.17, 15) is 14.7 Å². The summed E-state index contributed by atoms with van der Waals surface area (Å²) in [6, 6.07) is 17.6. The van der Waals surface area contributed by atoms with Crippen LogP contribution in [0.3, 0.4) is 0 Å². The van der Waals surface area contributed by atoms with Gasteiger partial charge in [-0.3, -0.25) is 14.2 Å². The van der Waals surface area contributed by atoms with E-state index in [0.29, 0.717) is 5.22 Å². The summed E-state index contributed by atoms with van der Waals surface area (Å²) in [6.07, 6.45) is 3.64. The number of pyridine rings is 1. The number of aromatic nitrogens is 1. The second kappa shape index (κ2) is 8.24. The van der Waals surface area contributed by atoms with Gasteiger partial charge < -0.3 is 10.0 Å². The van der Waals surface area contributed by atoms with E-state index >= 15 is 0 Å². The van der Waals surface area contributed by atoms with Crippen molar-refractivity contribution in [3.8, 4) is 5.88 Å². The molecule has 0 spiro atoms. The Morgan fingerprint density at radius 1 is 1.06 bits per heavy atom. The number of rotatable bonds is 4. The molecule has 0 saturated heterocycles. The Kier molecular flexibility index (Phi) is 5.58. The predicted molar refractivity (Wildman–Crippen MR) is 133 cm³/mol. The van der Waals surface area contributed by atoms with Crippen LogP contribution in [0.15, 0.2) is 71.2 Å². The molecule has 168 valence electrons. The first-order valence-corrected chi connectivity index (χ1v) is 10.9. The van der Waals surface area contributed by atoms with Crippen molar-refractivity contribution in [3.63, 3.8) is 0 Å². The number of likely N-dealkylation sites (N-methyl/N-ethyl adjacent to an activating group) is 1. The van der Waals surface area contributed by atoms with Gasteiger partial charge in [0, 0.05) is 29.1 Å². The summed E-state index contributed by atoms with van der Waals surface area (Å²) in [7, 11) is 2.00. The monoisotopic (exact) mass is 440 g/mol.